The van der Waals surface area contributed by atoms with Crippen LogP contribution in [0.3, 0.4) is 0 Å². The van der Waals surface area contributed by atoms with Gasteiger partial charge in [0.1, 0.15) is 17.8 Å². The molecule has 112 valence electrons. The summed E-state index contributed by atoms with van der Waals surface area (Å²) in [4.78, 5) is 22.4. The van der Waals surface area contributed by atoms with Crippen LogP contribution in [0.25, 0.3) is 11.0 Å². The van der Waals surface area contributed by atoms with Crippen LogP contribution in [0, 0.1) is 0 Å². The highest BCUT2D eigenvalue weighted by Crippen LogP contribution is 2.22. The second-order valence-corrected chi connectivity index (χ2v) is 5.36. The first-order valence-corrected chi connectivity index (χ1v) is 7.20. The Morgan fingerprint density at radius 2 is 2.24 bits per heavy atom. The highest BCUT2D eigenvalue weighted by molar-refractivity contribution is 6.01. The molecular weight excluding hydrogens is 270 g/mol. The van der Waals surface area contributed by atoms with Gasteiger partial charge in [0.15, 0.2) is 6.29 Å². The lowest BCUT2D eigenvalue weighted by molar-refractivity contribution is 0.112. The molecule has 2 unspecified atom stereocenters. The Hall–Kier alpha value is -1.99. The molecule has 21 heavy (non-hydrogen) atoms. The second kappa shape index (κ2) is 6.19. The van der Waals surface area contributed by atoms with Gasteiger partial charge in [-0.2, -0.15) is 0 Å². The molecule has 0 spiro atoms. The summed E-state index contributed by atoms with van der Waals surface area (Å²) in [6.45, 7) is 0.868. The van der Waals surface area contributed by atoms with Crippen LogP contribution in [-0.2, 0) is 0 Å². The monoisotopic (exact) mass is 289 g/mol. The fourth-order valence-electron chi connectivity index (χ4n) is 2.85. The number of carbonyl (C=O) groups is 1. The van der Waals surface area contributed by atoms with Crippen LogP contribution in [0.5, 0.6) is 0 Å². The summed E-state index contributed by atoms with van der Waals surface area (Å²) in [6.07, 6.45) is 7.09. The summed E-state index contributed by atoms with van der Waals surface area (Å²) in [5.74, 6) is 0.663. The molecule has 3 heterocycles. The minimum Gasteiger partial charge on any atom is -0.395 e. The van der Waals surface area contributed by atoms with Gasteiger partial charge in [0, 0.05) is 30.4 Å². The van der Waals surface area contributed by atoms with Crippen LogP contribution in [0.4, 0.5) is 5.82 Å². The predicted octanol–water partition coefficient (Wildman–Crippen LogP) is 0.685. The first-order valence-electron chi connectivity index (χ1n) is 7.20. The Morgan fingerprint density at radius 1 is 1.38 bits per heavy atom. The number of hydrogen-bond donors (Lipinski definition) is 4. The smallest absolute Gasteiger partial charge is 0.152 e. The van der Waals surface area contributed by atoms with Gasteiger partial charge < -0.3 is 20.7 Å². The molecule has 2 aromatic heterocycles. The summed E-state index contributed by atoms with van der Waals surface area (Å²) in [7, 11) is 0. The molecule has 4 N–H and O–H groups in total. The maximum atomic E-state index is 11.1. The van der Waals surface area contributed by atoms with Gasteiger partial charge >= 0.3 is 0 Å². The minimum atomic E-state index is 0.168. The quantitative estimate of drug-likeness (QED) is 0.604. The van der Waals surface area contributed by atoms with Gasteiger partial charge in [0.2, 0.25) is 0 Å². The lowest BCUT2D eigenvalue weighted by atomic mass is 9.99. The molecule has 0 aromatic carbocycles. The molecule has 0 radical (unpaired) electrons. The number of nitrogens with zero attached hydrogens (tertiary/aromatic N) is 2. The van der Waals surface area contributed by atoms with Gasteiger partial charge in [-0.3, -0.25) is 4.79 Å². The molecule has 1 aliphatic rings. The maximum Gasteiger partial charge on any atom is 0.152 e. The van der Waals surface area contributed by atoms with E-state index in [1.165, 1.54) is 6.33 Å². The van der Waals surface area contributed by atoms with Crippen molar-refractivity contribution in [2.45, 2.75) is 31.3 Å². The zero-order valence-electron chi connectivity index (χ0n) is 11.7. The topological polar surface area (TPSA) is 103 Å². The van der Waals surface area contributed by atoms with Crippen LogP contribution in [-0.4, -0.2) is 51.6 Å². The van der Waals surface area contributed by atoms with E-state index < -0.39 is 0 Å². The number of aliphatic hydroxyl groups excluding tert-OH is 1. The van der Waals surface area contributed by atoms with Crippen molar-refractivity contribution in [3.05, 3.63) is 18.1 Å². The molecule has 3 rings (SSSR count). The summed E-state index contributed by atoms with van der Waals surface area (Å²) in [5.41, 5.74) is 1.21. The number of hydrogen-bond acceptors (Lipinski definition) is 6. The van der Waals surface area contributed by atoms with E-state index in [0.29, 0.717) is 29.6 Å². The number of carbonyl (C=O) groups excluding carboxylic acids is 1. The molecule has 0 saturated carbocycles. The van der Waals surface area contributed by atoms with Crippen molar-refractivity contribution in [1.82, 2.24) is 20.3 Å². The first kappa shape index (κ1) is 14.0. The largest absolute Gasteiger partial charge is 0.395 e. The molecule has 2 atom stereocenters. The third kappa shape index (κ3) is 2.88. The second-order valence-electron chi connectivity index (χ2n) is 5.36. The fraction of sp³-hybridized carbons (Fsp3) is 0.500. The molecule has 1 aliphatic heterocycles. The average Bonchev–Trinajstić information content (AvgIpc) is 2.97. The zero-order chi connectivity index (χ0) is 14.7. The van der Waals surface area contributed by atoms with Crippen LogP contribution in [0.1, 0.15) is 29.6 Å². The number of nitrogens with one attached hydrogen (secondary N) is 3. The van der Waals surface area contributed by atoms with Crippen molar-refractivity contribution >= 4 is 23.1 Å². The van der Waals surface area contributed by atoms with Crippen LogP contribution >= 0.6 is 0 Å². The Kier molecular flexibility index (Phi) is 4.12. The summed E-state index contributed by atoms with van der Waals surface area (Å²) < 4.78 is 0. The normalized spacial score (nSPS) is 22.3. The van der Waals surface area contributed by atoms with Crippen molar-refractivity contribution in [3.8, 4) is 0 Å². The van der Waals surface area contributed by atoms with Crippen LogP contribution < -0.4 is 10.6 Å². The standard InChI is InChI=1S/C14H19N5O2/c20-6-9-4-15-13-12(9)14(18-8-17-13)16-5-10-2-1-3-11(7-21)19-10/h4,6,8,10-11,19,21H,1-3,5,7H2,(H2,15,16,17,18). The first-order chi connectivity index (χ1) is 10.3. The summed E-state index contributed by atoms with van der Waals surface area (Å²) in [6, 6.07) is 0.466. The number of rotatable bonds is 5. The van der Waals surface area contributed by atoms with E-state index in [0.717, 1.165) is 30.9 Å². The Morgan fingerprint density at radius 3 is 3.05 bits per heavy atom. The SMILES string of the molecule is O=Cc1c[nH]c2ncnc(NCC3CCCC(CO)N3)c12. The van der Waals surface area contributed by atoms with Gasteiger partial charge in [-0.1, -0.05) is 6.42 Å². The highest BCUT2D eigenvalue weighted by atomic mass is 16.3. The van der Waals surface area contributed by atoms with Gasteiger partial charge in [-0.05, 0) is 12.8 Å². The Balaban J connectivity index is 1.73. The summed E-state index contributed by atoms with van der Waals surface area (Å²) in [5, 5.41) is 16.7. The zero-order valence-corrected chi connectivity index (χ0v) is 11.7. The molecule has 0 bridgehead atoms. The number of aldehydes is 1. The molecule has 7 nitrogen and oxygen atoms in total. The predicted molar refractivity (Wildman–Crippen MR) is 79.4 cm³/mol. The highest BCUT2D eigenvalue weighted by Gasteiger charge is 2.20. The third-order valence-corrected chi connectivity index (χ3v) is 3.94. The van der Waals surface area contributed by atoms with Crippen molar-refractivity contribution in [1.29, 1.82) is 0 Å². The molecular formula is C14H19N5O2. The number of piperidine rings is 1. The number of anilines is 1. The van der Waals surface area contributed by atoms with E-state index in [1.807, 2.05) is 0 Å². The van der Waals surface area contributed by atoms with E-state index in [9.17, 15) is 9.90 Å². The summed E-state index contributed by atoms with van der Waals surface area (Å²) >= 11 is 0. The van der Waals surface area contributed by atoms with E-state index in [1.54, 1.807) is 6.20 Å². The number of aromatic amines is 1. The lowest BCUT2D eigenvalue weighted by Gasteiger charge is -2.30. The fourth-order valence-corrected chi connectivity index (χ4v) is 2.85. The number of aromatic nitrogens is 3. The molecule has 0 aliphatic carbocycles. The van der Waals surface area contributed by atoms with Gasteiger partial charge in [0.25, 0.3) is 0 Å². The minimum absolute atomic E-state index is 0.168. The number of fused-ring (bicyclic) bond motifs is 1. The van der Waals surface area contributed by atoms with Crippen molar-refractivity contribution in [2.24, 2.45) is 0 Å². The van der Waals surface area contributed by atoms with Crippen LogP contribution in [0.2, 0.25) is 0 Å². The van der Waals surface area contributed by atoms with Crippen molar-refractivity contribution in [2.75, 3.05) is 18.5 Å². The van der Waals surface area contributed by atoms with E-state index in [-0.39, 0.29) is 12.6 Å². The van der Waals surface area contributed by atoms with Gasteiger partial charge in [-0.25, -0.2) is 9.97 Å². The maximum absolute atomic E-state index is 11.1. The Labute approximate surface area is 122 Å². The molecule has 1 saturated heterocycles. The van der Waals surface area contributed by atoms with Gasteiger partial charge in [0.05, 0.1) is 12.0 Å². The number of H-pyrrole nitrogens is 1. The van der Waals surface area contributed by atoms with E-state index >= 15 is 0 Å². The van der Waals surface area contributed by atoms with Crippen molar-refractivity contribution < 1.29 is 9.90 Å². The van der Waals surface area contributed by atoms with Crippen molar-refractivity contribution in [3.63, 3.8) is 0 Å². The lowest BCUT2D eigenvalue weighted by Crippen LogP contribution is -2.47. The molecule has 2 aromatic rings. The third-order valence-electron chi connectivity index (χ3n) is 3.94. The molecule has 0 amide bonds. The van der Waals surface area contributed by atoms with E-state index in [2.05, 4.69) is 25.6 Å². The van der Waals surface area contributed by atoms with E-state index in [4.69, 9.17) is 0 Å². The molecule has 1 fully saturated rings. The van der Waals surface area contributed by atoms with Gasteiger partial charge in [-0.15, -0.1) is 0 Å². The van der Waals surface area contributed by atoms with Crippen LogP contribution in [0.15, 0.2) is 12.5 Å². The Bertz CT molecular complexity index is 627. The average molecular weight is 289 g/mol. The number of aliphatic hydroxyl groups is 1. The molecule has 7 heteroatoms.